The maximum Gasteiger partial charge on any atom is 0.192 e. The van der Waals surface area contributed by atoms with Crippen LogP contribution in [-0.2, 0) is 0 Å². The summed E-state index contributed by atoms with van der Waals surface area (Å²) in [7, 11) is 0. The summed E-state index contributed by atoms with van der Waals surface area (Å²) in [5.74, 6) is 0.990. The Morgan fingerprint density at radius 3 is 2.67 bits per heavy atom. The number of rotatable bonds is 7. The molecule has 0 amide bonds. The second kappa shape index (κ2) is 9.56. The smallest absolute Gasteiger partial charge is 0.192 e. The number of nitriles is 1. The Kier molecular flexibility index (Phi) is 6.01. The maximum absolute atomic E-state index is 9.72. The predicted octanol–water partition coefficient (Wildman–Crippen LogP) is 6.38. The molecule has 5 aromatic rings. The molecule has 2 aromatic carbocycles. The Morgan fingerprint density at radius 2 is 1.91 bits per heavy atom. The molecule has 9 heteroatoms. The van der Waals surface area contributed by atoms with E-state index in [9.17, 15) is 5.26 Å². The number of aromatic amines is 1. The number of ether oxygens (including phenoxy) is 1. The van der Waals surface area contributed by atoms with Crippen molar-refractivity contribution in [2.45, 2.75) is 4.90 Å². The first-order chi connectivity index (χ1) is 16.3. The van der Waals surface area contributed by atoms with Gasteiger partial charge in [-0.3, -0.25) is 10.1 Å². The van der Waals surface area contributed by atoms with Crippen LogP contribution >= 0.6 is 23.3 Å². The molecule has 0 spiro atoms. The SMILES string of the molecule is N#Cc1cc(SNc2nccs2)ccc1Oc1cnc(-c2ccccc2)cc1-c1cn[nH]c1. The van der Waals surface area contributed by atoms with E-state index in [1.165, 1.54) is 23.3 Å². The minimum absolute atomic E-state index is 0.422. The minimum atomic E-state index is 0.422. The van der Waals surface area contributed by atoms with Gasteiger partial charge in [-0.05, 0) is 36.2 Å². The van der Waals surface area contributed by atoms with Crippen molar-refractivity contribution in [3.05, 3.63) is 90.3 Å². The summed E-state index contributed by atoms with van der Waals surface area (Å²) < 4.78 is 9.35. The number of hydrogen-bond donors (Lipinski definition) is 2. The third-order valence-electron chi connectivity index (χ3n) is 4.73. The van der Waals surface area contributed by atoms with Gasteiger partial charge in [0.2, 0.25) is 0 Å². The van der Waals surface area contributed by atoms with E-state index in [4.69, 9.17) is 4.74 Å². The fourth-order valence-corrected chi connectivity index (χ4v) is 4.42. The van der Waals surface area contributed by atoms with Crippen molar-refractivity contribution >= 4 is 28.4 Å². The van der Waals surface area contributed by atoms with Gasteiger partial charge in [-0.15, -0.1) is 11.3 Å². The number of hydrogen-bond acceptors (Lipinski definition) is 8. The van der Waals surface area contributed by atoms with Crippen LogP contribution in [0.15, 0.2) is 89.7 Å². The van der Waals surface area contributed by atoms with Gasteiger partial charge in [0.05, 0.1) is 23.7 Å². The molecule has 2 N–H and O–H groups in total. The van der Waals surface area contributed by atoms with Gasteiger partial charge in [0.25, 0.3) is 0 Å². The number of pyridine rings is 1. The highest BCUT2D eigenvalue weighted by Crippen LogP contribution is 2.37. The van der Waals surface area contributed by atoms with Crippen molar-refractivity contribution in [3.8, 4) is 40.0 Å². The third kappa shape index (κ3) is 4.72. The number of benzene rings is 2. The van der Waals surface area contributed by atoms with Crippen LogP contribution in [0, 0.1) is 11.3 Å². The van der Waals surface area contributed by atoms with Gasteiger partial charge in [0, 0.05) is 39.4 Å². The van der Waals surface area contributed by atoms with Crippen LogP contribution in [0.2, 0.25) is 0 Å². The van der Waals surface area contributed by atoms with Crippen LogP contribution in [0.3, 0.4) is 0 Å². The molecule has 0 saturated heterocycles. The molecule has 0 bridgehead atoms. The van der Waals surface area contributed by atoms with Crippen LogP contribution in [-0.4, -0.2) is 20.2 Å². The van der Waals surface area contributed by atoms with Crippen LogP contribution in [0.5, 0.6) is 11.5 Å². The van der Waals surface area contributed by atoms with E-state index in [0.717, 1.165) is 32.4 Å². The number of thiazole rings is 1. The lowest BCUT2D eigenvalue weighted by molar-refractivity contribution is 0.480. The van der Waals surface area contributed by atoms with Crippen molar-refractivity contribution in [1.82, 2.24) is 20.2 Å². The first-order valence-electron chi connectivity index (χ1n) is 9.89. The molecule has 5 rings (SSSR count). The van der Waals surface area contributed by atoms with E-state index in [2.05, 4.69) is 31.0 Å². The maximum atomic E-state index is 9.72. The van der Waals surface area contributed by atoms with E-state index in [0.29, 0.717) is 17.1 Å². The highest BCUT2D eigenvalue weighted by molar-refractivity contribution is 8.00. The molecule has 0 atom stereocenters. The topological polar surface area (TPSA) is 99.5 Å². The van der Waals surface area contributed by atoms with Gasteiger partial charge >= 0.3 is 0 Å². The van der Waals surface area contributed by atoms with E-state index < -0.39 is 0 Å². The Balaban J connectivity index is 1.45. The van der Waals surface area contributed by atoms with Gasteiger partial charge in [-0.1, -0.05) is 30.3 Å². The van der Waals surface area contributed by atoms with Crippen LogP contribution in [0.25, 0.3) is 22.4 Å². The number of nitrogens with zero attached hydrogens (tertiary/aromatic N) is 4. The first-order valence-corrected chi connectivity index (χ1v) is 11.6. The van der Waals surface area contributed by atoms with Crippen LogP contribution in [0.1, 0.15) is 5.56 Å². The molecule has 160 valence electrons. The summed E-state index contributed by atoms with van der Waals surface area (Å²) in [5, 5.41) is 19.3. The molecule has 0 aliphatic carbocycles. The molecule has 0 saturated carbocycles. The van der Waals surface area contributed by atoms with Gasteiger partial charge in [-0.25, -0.2) is 4.98 Å². The third-order valence-corrected chi connectivity index (χ3v) is 6.33. The average molecular weight is 469 g/mol. The summed E-state index contributed by atoms with van der Waals surface area (Å²) in [6, 6.07) is 19.6. The van der Waals surface area contributed by atoms with Gasteiger partial charge in [0.15, 0.2) is 10.9 Å². The standard InChI is InChI=1S/C24H16N6OS2/c25-12-17-10-19(33-30-24-26-8-9-32-24)6-7-22(17)31-23-15-27-21(16-4-2-1-3-5-16)11-20(23)18-13-28-29-14-18/h1-11,13-15H,(H,26,30)(H,28,29). The minimum Gasteiger partial charge on any atom is -0.454 e. The molecule has 33 heavy (non-hydrogen) atoms. The zero-order valence-electron chi connectivity index (χ0n) is 17.1. The van der Waals surface area contributed by atoms with Gasteiger partial charge in [0.1, 0.15) is 11.8 Å². The fraction of sp³-hybridized carbons (Fsp3) is 0. The fourth-order valence-electron chi connectivity index (χ4n) is 3.16. The first kappa shape index (κ1) is 20.8. The lowest BCUT2D eigenvalue weighted by atomic mass is 10.1. The summed E-state index contributed by atoms with van der Waals surface area (Å²) >= 11 is 2.90. The van der Waals surface area contributed by atoms with E-state index in [1.807, 2.05) is 47.8 Å². The lowest BCUT2D eigenvalue weighted by Crippen LogP contribution is -1.94. The molecule has 0 radical (unpaired) electrons. The average Bonchev–Trinajstić information content (AvgIpc) is 3.59. The Bertz CT molecular complexity index is 1400. The zero-order valence-corrected chi connectivity index (χ0v) is 18.7. The summed E-state index contributed by atoms with van der Waals surface area (Å²) in [6.07, 6.45) is 6.94. The van der Waals surface area contributed by atoms with E-state index >= 15 is 0 Å². The van der Waals surface area contributed by atoms with Crippen molar-refractivity contribution in [2.75, 3.05) is 4.72 Å². The van der Waals surface area contributed by atoms with Gasteiger partial charge in [-0.2, -0.15) is 10.4 Å². The molecule has 0 aliphatic rings. The molecule has 3 heterocycles. The normalized spacial score (nSPS) is 10.5. The molecule has 0 unspecified atom stereocenters. The van der Waals surface area contributed by atoms with E-state index in [-0.39, 0.29) is 0 Å². The van der Waals surface area contributed by atoms with Crippen molar-refractivity contribution in [2.24, 2.45) is 0 Å². The second-order valence-electron chi connectivity index (χ2n) is 6.83. The predicted molar refractivity (Wildman–Crippen MR) is 130 cm³/mol. The zero-order chi connectivity index (χ0) is 22.5. The second-order valence-corrected chi connectivity index (χ2v) is 8.61. The monoisotopic (exact) mass is 468 g/mol. The Morgan fingerprint density at radius 1 is 1.00 bits per heavy atom. The molecule has 3 aromatic heterocycles. The van der Waals surface area contributed by atoms with Crippen LogP contribution in [0.4, 0.5) is 5.13 Å². The highest BCUT2D eigenvalue weighted by Gasteiger charge is 2.14. The summed E-state index contributed by atoms with van der Waals surface area (Å²) in [4.78, 5) is 9.66. The molecular weight excluding hydrogens is 452 g/mol. The number of aromatic nitrogens is 4. The summed E-state index contributed by atoms with van der Waals surface area (Å²) in [6.45, 7) is 0. The molecular formula is C24H16N6OS2. The van der Waals surface area contributed by atoms with Crippen LogP contribution < -0.4 is 9.46 Å². The quantitative estimate of drug-likeness (QED) is 0.267. The largest absolute Gasteiger partial charge is 0.454 e. The Hall–Kier alpha value is -4.13. The number of anilines is 1. The number of nitrogens with one attached hydrogen (secondary N) is 2. The number of H-pyrrole nitrogens is 1. The van der Waals surface area contributed by atoms with Crippen molar-refractivity contribution in [1.29, 1.82) is 5.26 Å². The van der Waals surface area contributed by atoms with Crippen molar-refractivity contribution < 1.29 is 4.74 Å². The highest BCUT2D eigenvalue weighted by atomic mass is 32.2. The Labute approximate surface area is 198 Å². The molecule has 0 aliphatic heterocycles. The lowest BCUT2D eigenvalue weighted by Gasteiger charge is -2.13. The van der Waals surface area contributed by atoms with Crippen molar-refractivity contribution in [3.63, 3.8) is 0 Å². The van der Waals surface area contributed by atoms with Gasteiger partial charge < -0.3 is 9.46 Å². The van der Waals surface area contributed by atoms with E-state index in [1.54, 1.807) is 36.9 Å². The molecule has 0 fully saturated rings. The molecule has 7 nitrogen and oxygen atoms in total. The summed E-state index contributed by atoms with van der Waals surface area (Å²) in [5.41, 5.74) is 3.93.